The predicted octanol–water partition coefficient (Wildman–Crippen LogP) is 3.94. The molecule has 94 valence electrons. The number of carboxylic acid groups (broad SMARTS) is 1. The van der Waals surface area contributed by atoms with Gasteiger partial charge in [0.05, 0.1) is 6.10 Å². The van der Waals surface area contributed by atoms with Crippen molar-refractivity contribution in [2.75, 3.05) is 0 Å². The van der Waals surface area contributed by atoms with Crippen LogP contribution in [0.2, 0.25) is 15.1 Å². The Kier molecular flexibility index (Phi) is 5.53. The molecule has 3 nitrogen and oxygen atoms in total. The number of carboxylic acids is 1. The molecule has 0 amide bonds. The fraction of sp³-hybridized carbons (Fsp3) is 0.364. The zero-order valence-electron chi connectivity index (χ0n) is 8.79. The van der Waals surface area contributed by atoms with Crippen molar-refractivity contribution in [2.45, 2.75) is 25.4 Å². The number of aliphatic hydroxyl groups excluding tert-OH is 1. The molecule has 0 aliphatic rings. The van der Waals surface area contributed by atoms with E-state index in [-0.39, 0.29) is 22.9 Å². The Morgan fingerprint density at radius 1 is 1.24 bits per heavy atom. The Bertz CT molecular complexity index is 397. The van der Waals surface area contributed by atoms with Crippen LogP contribution in [0.1, 0.15) is 30.9 Å². The van der Waals surface area contributed by atoms with Crippen molar-refractivity contribution in [3.63, 3.8) is 0 Å². The highest BCUT2D eigenvalue weighted by Crippen LogP contribution is 2.35. The Morgan fingerprint density at radius 3 is 2.24 bits per heavy atom. The molecule has 0 saturated carbocycles. The Balaban J connectivity index is 2.75. The third-order valence-corrected chi connectivity index (χ3v) is 3.09. The third kappa shape index (κ3) is 4.36. The first kappa shape index (κ1) is 14.6. The Hall–Kier alpha value is -0.480. The second kappa shape index (κ2) is 6.45. The summed E-state index contributed by atoms with van der Waals surface area (Å²) < 4.78 is 0. The van der Waals surface area contributed by atoms with Crippen molar-refractivity contribution in [1.82, 2.24) is 0 Å². The molecule has 0 heterocycles. The van der Waals surface area contributed by atoms with Crippen LogP contribution in [-0.2, 0) is 4.79 Å². The minimum absolute atomic E-state index is 0.000111. The first-order valence-electron chi connectivity index (χ1n) is 4.96. The fourth-order valence-corrected chi connectivity index (χ4v) is 2.53. The van der Waals surface area contributed by atoms with E-state index in [0.29, 0.717) is 17.0 Å². The standard InChI is InChI=1S/C11H11Cl3O3/c12-6-4-7(13)11(8(14)5-6)9(15)2-1-3-10(16)17/h4-5,9,15H,1-3H2,(H,16,17). The topological polar surface area (TPSA) is 57.5 Å². The number of rotatable bonds is 5. The molecule has 0 fully saturated rings. The molecular weight excluding hydrogens is 286 g/mol. The molecule has 0 bridgehead atoms. The van der Waals surface area contributed by atoms with E-state index in [2.05, 4.69) is 0 Å². The van der Waals surface area contributed by atoms with Crippen LogP contribution >= 0.6 is 34.8 Å². The maximum atomic E-state index is 10.3. The van der Waals surface area contributed by atoms with Crippen molar-refractivity contribution in [3.05, 3.63) is 32.8 Å². The van der Waals surface area contributed by atoms with Crippen LogP contribution in [0.3, 0.4) is 0 Å². The Labute approximate surface area is 114 Å². The molecule has 1 atom stereocenters. The number of halogens is 3. The van der Waals surface area contributed by atoms with E-state index in [9.17, 15) is 9.90 Å². The molecule has 1 aromatic rings. The number of aliphatic carboxylic acids is 1. The van der Waals surface area contributed by atoms with Crippen LogP contribution < -0.4 is 0 Å². The molecule has 1 rings (SSSR count). The lowest BCUT2D eigenvalue weighted by molar-refractivity contribution is -0.137. The second-order valence-electron chi connectivity index (χ2n) is 3.58. The van der Waals surface area contributed by atoms with Crippen molar-refractivity contribution in [2.24, 2.45) is 0 Å². The maximum Gasteiger partial charge on any atom is 0.303 e. The van der Waals surface area contributed by atoms with Gasteiger partial charge in [-0.05, 0) is 25.0 Å². The van der Waals surface area contributed by atoms with Crippen LogP contribution in [0.4, 0.5) is 0 Å². The SMILES string of the molecule is O=C(O)CCCC(O)c1c(Cl)cc(Cl)cc1Cl. The summed E-state index contributed by atoms with van der Waals surface area (Å²) >= 11 is 17.6. The van der Waals surface area contributed by atoms with Crippen molar-refractivity contribution in [3.8, 4) is 0 Å². The molecule has 2 N–H and O–H groups in total. The van der Waals surface area contributed by atoms with Crippen molar-refractivity contribution < 1.29 is 15.0 Å². The van der Waals surface area contributed by atoms with Crippen LogP contribution in [0.25, 0.3) is 0 Å². The van der Waals surface area contributed by atoms with E-state index in [1.165, 1.54) is 12.1 Å². The normalized spacial score (nSPS) is 12.5. The smallest absolute Gasteiger partial charge is 0.303 e. The van der Waals surface area contributed by atoms with Crippen molar-refractivity contribution in [1.29, 1.82) is 0 Å². The Morgan fingerprint density at radius 2 is 1.76 bits per heavy atom. The third-order valence-electron chi connectivity index (χ3n) is 2.25. The molecular formula is C11H11Cl3O3. The van der Waals surface area contributed by atoms with Gasteiger partial charge in [0.15, 0.2) is 0 Å². The highest BCUT2D eigenvalue weighted by molar-refractivity contribution is 6.39. The number of carbonyl (C=O) groups is 1. The van der Waals surface area contributed by atoms with Gasteiger partial charge in [-0.2, -0.15) is 0 Å². The van der Waals surface area contributed by atoms with E-state index in [4.69, 9.17) is 39.9 Å². The van der Waals surface area contributed by atoms with Gasteiger partial charge in [-0.3, -0.25) is 4.79 Å². The molecule has 0 radical (unpaired) electrons. The monoisotopic (exact) mass is 296 g/mol. The summed E-state index contributed by atoms with van der Waals surface area (Å²) in [7, 11) is 0. The quantitative estimate of drug-likeness (QED) is 0.865. The van der Waals surface area contributed by atoms with E-state index in [1.807, 2.05) is 0 Å². The van der Waals surface area contributed by atoms with Gasteiger partial charge >= 0.3 is 5.97 Å². The van der Waals surface area contributed by atoms with Gasteiger partial charge in [0.1, 0.15) is 0 Å². The largest absolute Gasteiger partial charge is 0.481 e. The second-order valence-corrected chi connectivity index (χ2v) is 4.84. The number of benzene rings is 1. The summed E-state index contributed by atoms with van der Waals surface area (Å²) in [6, 6.07) is 2.98. The van der Waals surface area contributed by atoms with Crippen LogP contribution in [-0.4, -0.2) is 16.2 Å². The van der Waals surface area contributed by atoms with Gasteiger partial charge in [-0.1, -0.05) is 34.8 Å². The maximum absolute atomic E-state index is 10.3. The van der Waals surface area contributed by atoms with Crippen LogP contribution in [0, 0.1) is 0 Å². The first-order chi connectivity index (χ1) is 7.91. The minimum atomic E-state index is -0.898. The molecule has 6 heteroatoms. The molecule has 1 aromatic carbocycles. The van der Waals surface area contributed by atoms with Crippen LogP contribution in [0.15, 0.2) is 12.1 Å². The summed E-state index contributed by atoms with van der Waals surface area (Å²) in [6.07, 6.45) is -0.245. The average molecular weight is 298 g/mol. The lowest BCUT2D eigenvalue weighted by Gasteiger charge is -2.14. The summed E-state index contributed by atoms with van der Waals surface area (Å²) in [4.78, 5) is 10.3. The highest BCUT2D eigenvalue weighted by Gasteiger charge is 2.16. The predicted molar refractivity (Wildman–Crippen MR) is 67.9 cm³/mol. The summed E-state index contributed by atoms with van der Waals surface area (Å²) in [5.41, 5.74) is 0.392. The molecule has 0 aromatic heterocycles. The first-order valence-corrected chi connectivity index (χ1v) is 6.09. The van der Waals surface area contributed by atoms with Gasteiger partial charge in [-0.15, -0.1) is 0 Å². The van der Waals surface area contributed by atoms with Crippen LogP contribution in [0.5, 0.6) is 0 Å². The van der Waals surface area contributed by atoms with E-state index in [1.54, 1.807) is 0 Å². The highest BCUT2D eigenvalue weighted by atomic mass is 35.5. The van der Waals surface area contributed by atoms with Gasteiger partial charge in [0.2, 0.25) is 0 Å². The minimum Gasteiger partial charge on any atom is -0.481 e. The van der Waals surface area contributed by atoms with Gasteiger partial charge < -0.3 is 10.2 Å². The number of aliphatic hydroxyl groups is 1. The van der Waals surface area contributed by atoms with E-state index >= 15 is 0 Å². The zero-order valence-corrected chi connectivity index (χ0v) is 11.1. The molecule has 1 unspecified atom stereocenters. The lowest BCUT2D eigenvalue weighted by Crippen LogP contribution is -2.02. The average Bonchev–Trinajstić information content (AvgIpc) is 2.14. The van der Waals surface area contributed by atoms with E-state index < -0.39 is 12.1 Å². The lowest BCUT2D eigenvalue weighted by atomic mass is 10.0. The number of hydrogen-bond donors (Lipinski definition) is 2. The van der Waals surface area contributed by atoms with E-state index in [0.717, 1.165) is 0 Å². The molecule has 0 spiro atoms. The number of hydrogen-bond acceptors (Lipinski definition) is 2. The fourth-order valence-electron chi connectivity index (χ4n) is 1.46. The molecule has 0 aliphatic heterocycles. The van der Waals surface area contributed by atoms with Gasteiger partial charge in [0.25, 0.3) is 0 Å². The summed E-state index contributed by atoms with van der Waals surface area (Å²) in [5.74, 6) is -0.898. The van der Waals surface area contributed by atoms with Gasteiger partial charge in [0, 0.05) is 27.1 Å². The molecule has 0 aliphatic carbocycles. The molecule has 17 heavy (non-hydrogen) atoms. The summed E-state index contributed by atoms with van der Waals surface area (Å²) in [6.45, 7) is 0. The van der Waals surface area contributed by atoms with Crippen molar-refractivity contribution >= 4 is 40.8 Å². The summed E-state index contributed by atoms with van der Waals surface area (Å²) in [5, 5.41) is 19.3. The van der Waals surface area contributed by atoms with Gasteiger partial charge in [-0.25, -0.2) is 0 Å². The molecule has 0 saturated heterocycles. The zero-order chi connectivity index (χ0) is 13.0.